The third-order valence-corrected chi connectivity index (χ3v) is 5.51. The second kappa shape index (κ2) is 6.48. The number of sulfone groups is 1. The van der Waals surface area contributed by atoms with Gasteiger partial charge in [0.25, 0.3) is 5.91 Å². The highest BCUT2D eigenvalue weighted by molar-refractivity contribution is 7.91. The lowest BCUT2D eigenvalue weighted by molar-refractivity contribution is -0.125. The molecule has 22 heavy (non-hydrogen) atoms. The average molecular weight is 324 g/mol. The molecule has 0 aliphatic carbocycles. The lowest BCUT2D eigenvalue weighted by atomic mass is 10.0. The van der Waals surface area contributed by atoms with Gasteiger partial charge in [0, 0.05) is 5.56 Å². The van der Waals surface area contributed by atoms with E-state index in [0.717, 1.165) is 5.56 Å². The maximum atomic E-state index is 11.9. The zero-order valence-corrected chi connectivity index (χ0v) is 13.4. The normalized spacial score (nSPS) is 19.9. The maximum absolute atomic E-state index is 11.9. The van der Waals surface area contributed by atoms with Gasteiger partial charge in [-0.05, 0) is 30.0 Å². The van der Waals surface area contributed by atoms with Crippen LogP contribution in [0.5, 0.6) is 0 Å². The lowest BCUT2D eigenvalue weighted by Gasteiger charge is -2.11. The molecule has 1 aromatic rings. The van der Waals surface area contributed by atoms with Gasteiger partial charge in [0.05, 0.1) is 17.4 Å². The molecule has 6 nitrogen and oxygen atoms in total. The molecule has 2 N–H and O–H groups in total. The predicted octanol–water partition coefficient (Wildman–Crippen LogP) is 1.01. The minimum absolute atomic E-state index is 0.0235. The number of carbonyl (C=O) groups excluding carboxylic acids is 2. The van der Waals surface area contributed by atoms with Crippen molar-refractivity contribution in [3.8, 4) is 0 Å². The fraction of sp³-hybridized carbons (Fsp3) is 0.467. The molecule has 1 aliphatic heterocycles. The smallest absolute Gasteiger partial charge is 0.269 e. The molecule has 1 fully saturated rings. The van der Waals surface area contributed by atoms with E-state index in [-0.39, 0.29) is 11.5 Å². The second-order valence-corrected chi connectivity index (χ2v) is 8.05. The Bertz CT molecular complexity index is 665. The summed E-state index contributed by atoms with van der Waals surface area (Å²) in [5.41, 5.74) is 6.17. The van der Waals surface area contributed by atoms with E-state index in [4.69, 9.17) is 0 Å². The van der Waals surface area contributed by atoms with E-state index in [2.05, 4.69) is 24.7 Å². The molecule has 2 amide bonds. The van der Waals surface area contributed by atoms with Crippen molar-refractivity contribution in [1.29, 1.82) is 0 Å². The summed E-state index contributed by atoms with van der Waals surface area (Å²) in [6.07, 6.45) is 0.299. The highest BCUT2D eigenvalue weighted by Gasteiger charge is 2.33. The minimum atomic E-state index is -3.12. The molecule has 0 radical (unpaired) electrons. The average Bonchev–Trinajstić information content (AvgIpc) is 2.84. The van der Waals surface area contributed by atoms with Crippen LogP contribution in [0.1, 0.15) is 42.1 Å². The Balaban J connectivity index is 1.88. The summed E-state index contributed by atoms with van der Waals surface area (Å²) in [6.45, 7) is 4.12. The van der Waals surface area contributed by atoms with Gasteiger partial charge in [-0.3, -0.25) is 20.4 Å². The van der Waals surface area contributed by atoms with E-state index in [1.807, 2.05) is 12.1 Å². The predicted molar refractivity (Wildman–Crippen MR) is 82.9 cm³/mol. The Morgan fingerprint density at radius 1 is 1.14 bits per heavy atom. The number of hydrogen-bond acceptors (Lipinski definition) is 4. The SMILES string of the molecule is CC(C)c1ccc(C(=O)NNC(=O)[C@@H]2CCS(=O)(=O)C2)cc1. The van der Waals surface area contributed by atoms with Gasteiger partial charge < -0.3 is 0 Å². The van der Waals surface area contributed by atoms with E-state index in [1.165, 1.54) is 0 Å². The molecule has 1 aromatic carbocycles. The number of benzene rings is 1. The molecule has 0 unspecified atom stereocenters. The molecule has 1 heterocycles. The van der Waals surface area contributed by atoms with E-state index >= 15 is 0 Å². The summed E-state index contributed by atoms with van der Waals surface area (Å²) in [5, 5.41) is 0. The van der Waals surface area contributed by atoms with E-state index in [0.29, 0.717) is 17.9 Å². The first kappa shape index (κ1) is 16.5. The van der Waals surface area contributed by atoms with Crippen molar-refractivity contribution in [2.45, 2.75) is 26.2 Å². The second-order valence-electron chi connectivity index (χ2n) is 5.82. The first-order chi connectivity index (χ1) is 10.3. The zero-order valence-electron chi connectivity index (χ0n) is 12.6. The van der Waals surface area contributed by atoms with Gasteiger partial charge in [0.1, 0.15) is 0 Å². The van der Waals surface area contributed by atoms with Crippen LogP contribution in [-0.4, -0.2) is 31.7 Å². The van der Waals surface area contributed by atoms with E-state index in [9.17, 15) is 18.0 Å². The van der Waals surface area contributed by atoms with Crippen molar-refractivity contribution in [2.75, 3.05) is 11.5 Å². The van der Waals surface area contributed by atoms with E-state index < -0.39 is 27.6 Å². The molecular weight excluding hydrogens is 304 g/mol. The summed E-state index contributed by atoms with van der Waals surface area (Å²) in [4.78, 5) is 23.8. The fourth-order valence-electron chi connectivity index (χ4n) is 2.31. The summed E-state index contributed by atoms with van der Waals surface area (Å²) in [5.74, 6) is -1.24. The van der Waals surface area contributed by atoms with Crippen molar-refractivity contribution in [3.05, 3.63) is 35.4 Å². The molecule has 2 rings (SSSR count). The molecule has 0 bridgehead atoms. The Kier molecular flexibility index (Phi) is 4.85. The van der Waals surface area contributed by atoms with Crippen LogP contribution in [0.15, 0.2) is 24.3 Å². The Morgan fingerprint density at radius 3 is 2.27 bits per heavy atom. The number of nitrogens with one attached hydrogen (secondary N) is 2. The van der Waals surface area contributed by atoms with Crippen LogP contribution in [0.2, 0.25) is 0 Å². The molecule has 7 heteroatoms. The molecular formula is C15H20N2O4S. The highest BCUT2D eigenvalue weighted by atomic mass is 32.2. The Labute approximate surface area is 130 Å². The van der Waals surface area contributed by atoms with Gasteiger partial charge in [-0.25, -0.2) is 8.42 Å². The lowest BCUT2D eigenvalue weighted by Crippen LogP contribution is -2.44. The summed E-state index contributed by atoms with van der Waals surface area (Å²) >= 11 is 0. The van der Waals surface area contributed by atoms with Crippen LogP contribution < -0.4 is 10.9 Å². The van der Waals surface area contributed by atoms with Crippen molar-refractivity contribution < 1.29 is 18.0 Å². The van der Waals surface area contributed by atoms with Gasteiger partial charge in [-0.15, -0.1) is 0 Å². The molecule has 1 saturated heterocycles. The minimum Gasteiger partial charge on any atom is -0.273 e. The van der Waals surface area contributed by atoms with Crippen molar-refractivity contribution >= 4 is 21.7 Å². The molecule has 0 saturated carbocycles. The molecule has 1 aliphatic rings. The zero-order chi connectivity index (χ0) is 16.3. The molecule has 120 valence electrons. The third kappa shape index (κ3) is 4.07. The van der Waals surface area contributed by atoms with Crippen molar-refractivity contribution in [1.82, 2.24) is 10.9 Å². The van der Waals surface area contributed by atoms with Crippen LogP contribution in [0.3, 0.4) is 0 Å². The van der Waals surface area contributed by atoms with Crippen LogP contribution in [0.25, 0.3) is 0 Å². The van der Waals surface area contributed by atoms with E-state index in [1.54, 1.807) is 12.1 Å². The quantitative estimate of drug-likeness (QED) is 0.812. The van der Waals surface area contributed by atoms with Gasteiger partial charge in [0.2, 0.25) is 5.91 Å². The maximum Gasteiger partial charge on any atom is 0.269 e. The molecule has 0 spiro atoms. The summed E-state index contributed by atoms with van der Waals surface area (Å²) in [6, 6.07) is 7.11. The van der Waals surface area contributed by atoms with Crippen LogP contribution in [0, 0.1) is 5.92 Å². The summed E-state index contributed by atoms with van der Waals surface area (Å²) in [7, 11) is -3.12. The van der Waals surface area contributed by atoms with Crippen molar-refractivity contribution in [3.63, 3.8) is 0 Å². The topological polar surface area (TPSA) is 92.3 Å². The van der Waals surface area contributed by atoms with Crippen molar-refractivity contribution in [2.24, 2.45) is 5.92 Å². The third-order valence-electron chi connectivity index (χ3n) is 3.74. The first-order valence-corrected chi connectivity index (χ1v) is 9.01. The number of hydrogen-bond donors (Lipinski definition) is 2. The monoisotopic (exact) mass is 324 g/mol. The fourth-order valence-corrected chi connectivity index (χ4v) is 4.06. The van der Waals surface area contributed by atoms with Crippen LogP contribution in [0.4, 0.5) is 0 Å². The van der Waals surface area contributed by atoms with Gasteiger partial charge >= 0.3 is 0 Å². The Hall–Kier alpha value is -1.89. The number of amides is 2. The van der Waals surface area contributed by atoms with Crippen LogP contribution in [-0.2, 0) is 14.6 Å². The number of rotatable bonds is 3. The standard InChI is InChI=1S/C15H20N2O4S/c1-10(2)11-3-5-12(6-4-11)14(18)16-17-15(19)13-7-8-22(20,21)9-13/h3-6,10,13H,7-9H2,1-2H3,(H,16,18)(H,17,19)/t13-/m1/s1. The van der Waals surface area contributed by atoms with Gasteiger partial charge in [-0.1, -0.05) is 26.0 Å². The van der Waals surface area contributed by atoms with Gasteiger partial charge in [0.15, 0.2) is 9.84 Å². The summed E-state index contributed by atoms with van der Waals surface area (Å²) < 4.78 is 22.6. The largest absolute Gasteiger partial charge is 0.273 e. The van der Waals surface area contributed by atoms with Gasteiger partial charge in [-0.2, -0.15) is 0 Å². The van der Waals surface area contributed by atoms with Crippen LogP contribution >= 0.6 is 0 Å². The number of carbonyl (C=O) groups is 2. The number of hydrazine groups is 1. The first-order valence-electron chi connectivity index (χ1n) is 7.19. The Morgan fingerprint density at radius 2 is 1.77 bits per heavy atom. The molecule has 0 aromatic heterocycles. The highest BCUT2D eigenvalue weighted by Crippen LogP contribution is 2.18. The molecule has 1 atom stereocenters.